The number of carbonyl (C=O) groups is 3. The minimum Gasteiger partial charge on any atom is -0.329 e. The van der Waals surface area contributed by atoms with E-state index >= 15 is 0 Å². The quantitative estimate of drug-likeness (QED) is 0.373. The lowest BCUT2D eigenvalue weighted by molar-refractivity contribution is -0.169. The van der Waals surface area contributed by atoms with Gasteiger partial charge in [0, 0.05) is 0 Å². The van der Waals surface area contributed by atoms with Crippen LogP contribution in [0.4, 0.5) is 0 Å². The van der Waals surface area contributed by atoms with Gasteiger partial charge in [0.15, 0.2) is 0 Å². The molecular formula is C21H25NO4. The highest BCUT2D eigenvalue weighted by Gasteiger charge is 2.46. The van der Waals surface area contributed by atoms with E-state index in [1.165, 1.54) is 0 Å². The first kappa shape index (κ1) is 18.4. The molecule has 2 aliphatic rings. The second kappa shape index (κ2) is 7.85. The number of carbonyl (C=O) groups excluding carboxylic acids is 3. The molecule has 1 aromatic carbocycles. The van der Waals surface area contributed by atoms with E-state index in [0.29, 0.717) is 5.06 Å². The van der Waals surface area contributed by atoms with Crippen molar-refractivity contribution >= 4 is 17.8 Å². The summed E-state index contributed by atoms with van der Waals surface area (Å²) in [5.41, 5.74) is 2.85. The maximum Gasteiger partial charge on any atom is 0.344 e. The van der Waals surface area contributed by atoms with Gasteiger partial charge in [-0.3, -0.25) is 9.59 Å². The molecule has 2 amide bonds. The normalized spacial score (nSPS) is 18.4. The zero-order chi connectivity index (χ0) is 18.7. The SMILES string of the molecule is CCCCCC1=C(CCCC)C1C(=O)ON1C(=O)c2ccccc2C1=O. The Balaban J connectivity index is 1.65. The third kappa shape index (κ3) is 3.43. The Kier molecular flexibility index (Phi) is 5.55. The van der Waals surface area contributed by atoms with Crippen LogP contribution in [0, 0.1) is 5.92 Å². The van der Waals surface area contributed by atoms with Gasteiger partial charge in [0.1, 0.15) is 5.92 Å². The second-order valence-electron chi connectivity index (χ2n) is 6.90. The average molecular weight is 355 g/mol. The predicted molar refractivity (Wildman–Crippen MR) is 97.2 cm³/mol. The summed E-state index contributed by atoms with van der Waals surface area (Å²) < 4.78 is 0. The van der Waals surface area contributed by atoms with Crippen molar-refractivity contribution in [2.24, 2.45) is 5.92 Å². The fraction of sp³-hybridized carbons (Fsp3) is 0.476. The van der Waals surface area contributed by atoms with Crippen molar-refractivity contribution in [3.63, 3.8) is 0 Å². The number of unbranched alkanes of at least 4 members (excludes halogenated alkanes) is 3. The van der Waals surface area contributed by atoms with Crippen molar-refractivity contribution < 1.29 is 19.2 Å². The number of rotatable bonds is 9. The molecule has 1 aromatic rings. The Morgan fingerprint density at radius 3 is 2.00 bits per heavy atom. The molecule has 0 N–H and O–H groups in total. The van der Waals surface area contributed by atoms with Crippen LogP contribution >= 0.6 is 0 Å². The van der Waals surface area contributed by atoms with Crippen LogP contribution in [0.1, 0.15) is 79.5 Å². The summed E-state index contributed by atoms with van der Waals surface area (Å²) in [7, 11) is 0. The van der Waals surface area contributed by atoms with E-state index in [0.717, 1.165) is 56.1 Å². The van der Waals surface area contributed by atoms with Crippen LogP contribution in [0.2, 0.25) is 0 Å². The molecule has 1 unspecified atom stereocenters. The summed E-state index contributed by atoms with van der Waals surface area (Å²) in [4.78, 5) is 42.5. The molecule has 0 aromatic heterocycles. The molecule has 26 heavy (non-hydrogen) atoms. The van der Waals surface area contributed by atoms with Crippen molar-refractivity contribution in [1.82, 2.24) is 5.06 Å². The van der Waals surface area contributed by atoms with Gasteiger partial charge in [-0.05, 0) is 37.8 Å². The van der Waals surface area contributed by atoms with Crippen LogP contribution in [0.15, 0.2) is 35.4 Å². The van der Waals surface area contributed by atoms with Gasteiger partial charge in [0.2, 0.25) is 0 Å². The number of amides is 2. The Labute approximate surface area is 154 Å². The molecule has 0 fully saturated rings. The third-order valence-corrected chi connectivity index (χ3v) is 5.05. The molecule has 5 nitrogen and oxygen atoms in total. The van der Waals surface area contributed by atoms with Crippen LogP contribution in [-0.2, 0) is 9.63 Å². The maximum absolute atomic E-state index is 12.6. The highest BCUT2D eigenvalue weighted by molar-refractivity contribution is 6.21. The first-order valence-corrected chi connectivity index (χ1v) is 9.51. The van der Waals surface area contributed by atoms with Crippen molar-refractivity contribution in [1.29, 1.82) is 0 Å². The molecule has 1 heterocycles. The smallest absolute Gasteiger partial charge is 0.329 e. The lowest BCUT2D eigenvalue weighted by Gasteiger charge is -2.13. The lowest BCUT2D eigenvalue weighted by atomic mass is 10.1. The number of hydrogen-bond acceptors (Lipinski definition) is 4. The fourth-order valence-corrected chi connectivity index (χ4v) is 3.54. The minimum absolute atomic E-state index is 0.281. The summed E-state index contributed by atoms with van der Waals surface area (Å²) in [6.07, 6.45) is 7.19. The number of benzene rings is 1. The largest absolute Gasteiger partial charge is 0.344 e. The third-order valence-electron chi connectivity index (χ3n) is 5.05. The van der Waals surface area contributed by atoms with E-state index in [-0.39, 0.29) is 17.0 Å². The predicted octanol–water partition coefficient (Wildman–Crippen LogP) is 4.44. The standard InChI is InChI=1S/C21H25NO4/c1-3-5-7-11-15-14(10-6-4-2)18(15)21(25)26-22-19(23)16-12-8-9-13-17(16)20(22)24/h8-9,12-13,18H,3-7,10-11H2,1-2H3. The van der Waals surface area contributed by atoms with Gasteiger partial charge in [-0.25, -0.2) is 4.79 Å². The monoisotopic (exact) mass is 355 g/mol. The van der Waals surface area contributed by atoms with Gasteiger partial charge in [-0.2, -0.15) is 0 Å². The summed E-state index contributed by atoms with van der Waals surface area (Å²) in [6, 6.07) is 6.52. The first-order valence-electron chi connectivity index (χ1n) is 9.51. The summed E-state index contributed by atoms with van der Waals surface area (Å²) in [5, 5.41) is 0.617. The molecule has 1 atom stereocenters. The number of hydrogen-bond donors (Lipinski definition) is 0. The van der Waals surface area contributed by atoms with E-state index in [1.807, 2.05) is 0 Å². The van der Waals surface area contributed by atoms with Gasteiger partial charge < -0.3 is 4.84 Å². The van der Waals surface area contributed by atoms with E-state index in [2.05, 4.69) is 13.8 Å². The first-order chi connectivity index (χ1) is 12.6. The van der Waals surface area contributed by atoms with Crippen molar-refractivity contribution in [2.45, 2.75) is 58.8 Å². The van der Waals surface area contributed by atoms with Gasteiger partial charge in [-0.1, -0.05) is 61.5 Å². The van der Waals surface area contributed by atoms with Gasteiger partial charge in [-0.15, -0.1) is 0 Å². The van der Waals surface area contributed by atoms with Crippen molar-refractivity contribution in [2.75, 3.05) is 0 Å². The van der Waals surface area contributed by atoms with Crippen LogP contribution < -0.4 is 0 Å². The molecule has 0 saturated carbocycles. The fourth-order valence-electron chi connectivity index (χ4n) is 3.54. The van der Waals surface area contributed by atoms with Gasteiger partial charge in [0.25, 0.3) is 11.8 Å². The zero-order valence-electron chi connectivity index (χ0n) is 15.4. The van der Waals surface area contributed by atoms with Crippen molar-refractivity contribution in [3.05, 3.63) is 46.5 Å². The van der Waals surface area contributed by atoms with Crippen LogP contribution in [-0.4, -0.2) is 22.8 Å². The van der Waals surface area contributed by atoms with E-state index in [4.69, 9.17) is 4.84 Å². The summed E-state index contributed by atoms with van der Waals surface area (Å²) in [5.74, 6) is -1.98. The molecule has 1 aliphatic carbocycles. The molecule has 138 valence electrons. The van der Waals surface area contributed by atoms with E-state index < -0.39 is 17.8 Å². The van der Waals surface area contributed by atoms with E-state index in [1.54, 1.807) is 24.3 Å². The number of imide groups is 1. The Morgan fingerprint density at radius 2 is 1.46 bits per heavy atom. The molecule has 0 saturated heterocycles. The van der Waals surface area contributed by atoms with Crippen molar-refractivity contribution in [3.8, 4) is 0 Å². The lowest BCUT2D eigenvalue weighted by Crippen LogP contribution is -2.33. The average Bonchev–Trinajstić information content (AvgIpc) is 3.30. The highest BCUT2D eigenvalue weighted by atomic mass is 16.7. The maximum atomic E-state index is 12.6. The van der Waals surface area contributed by atoms with Gasteiger partial charge >= 0.3 is 5.97 Å². The topological polar surface area (TPSA) is 63.7 Å². The highest BCUT2D eigenvalue weighted by Crippen LogP contribution is 2.46. The second-order valence-corrected chi connectivity index (χ2v) is 6.90. The molecular weight excluding hydrogens is 330 g/mol. The number of nitrogens with zero attached hydrogens (tertiary/aromatic N) is 1. The molecule has 3 rings (SSSR count). The van der Waals surface area contributed by atoms with Crippen LogP contribution in [0.5, 0.6) is 0 Å². The zero-order valence-corrected chi connectivity index (χ0v) is 15.4. The molecule has 0 radical (unpaired) electrons. The Hall–Kier alpha value is -2.43. The van der Waals surface area contributed by atoms with E-state index in [9.17, 15) is 14.4 Å². The van der Waals surface area contributed by atoms with Crippen LogP contribution in [0.3, 0.4) is 0 Å². The van der Waals surface area contributed by atoms with Gasteiger partial charge in [0.05, 0.1) is 11.1 Å². The number of fused-ring (bicyclic) bond motifs is 1. The summed E-state index contributed by atoms with van der Waals surface area (Å²) in [6.45, 7) is 4.26. The molecule has 0 spiro atoms. The number of hydroxylamine groups is 2. The Bertz CT molecular complexity index is 730. The molecule has 5 heteroatoms. The minimum atomic E-state index is -0.567. The Morgan fingerprint density at radius 1 is 0.923 bits per heavy atom. The van der Waals surface area contributed by atoms with Crippen LogP contribution in [0.25, 0.3) is 0 Å². The summed E-state index contributed by atoms with van der Waals surface area (Å²) >= 11 is 0. The molecule has 0 bridgehead atoms. The molecule has 1 aliphatic heterocycles.